The molecule has 0 bridgehead atoms. The van der Waals surface area contributed by atoms with Crippen LogP contribution in [0.15, 0.2) is 64.4 Å². The first-order valence-electron chi connectivity index (χ1n) is 11.4. The molecule has 0 atom stereocenters. The number of esters is 1. The molecule has 13 nitrogen and oxygen atoms in total. The van der Waals surface area contributed by atoms with Crippen molar-refractivity contribution < 1.29 is 45.0 Å². The second-order valence-electron chi connectivity index (χ2n) is 9.24. The summed E-state index contributed by atoms with van der Waals surface area (Å²) in [7, 11) is -10.2. The van der Waals surface area contributed by atoms with E-state index in [1.807, 2.05) is 0 Å². The smallest absolute Gasteiger partial charge is 0.340 e. The highest BCUT2D eigenvalue weighted by Gasteiger charge is 2.56. The van der Waals surface area contributed by atoms with Crippen LogP contribution in [0.4, 0.5) is 11.4 Å². The molecule has 15 heteroatoms. The minimum Gasteiger partial charge on any atom is -0.453 e. The van der Waals surface area contributed by atoms with Crippen LogP contribution in [-0.2, 0) is 30.6 Å². The molecule has 2 heterocycles. The second kappa shape index (κ2) is 8.79. The molecular weight excluding hydrogens is 566 g/mol. The normalized spacial score (nSPS) is 14.9. The highest BCUT2D eigenvalue weighted by atomic mass is 32.2. The van der Waals surface area contributed by atoms with Crippen LogP contribution in [0.1, 0.15) is 44.3 Å². The van der Waals surface area contributed by atoms with Crippen molar-refractivity contribution in [2.75, 3.05) is 18.0 Å². The van der Waals surface area contributed by atoms with Gasteiger partial charge in [0.1, 0.15) is 0 Å². The summed E-state index contributed by atoms with van der Waals surface area (Å²) in [5.74, 6) is -2.78. The van der Waals surface area contributed by atoms with Gasteiger partial charge in [-0.2, -0.15) is 16.8 Å². The number of benzene rings is 3. The number of hydrogen-bond donors (Lipinski definition) is 5. The Labute approximate surface area is 227 Å². The molecule has 0 aliphatic carbocycles. The van der Waals surface area contributed by atoms with Gasteiger partial charge in [0.15, 0.2) is 26.9 Å². The molecule has 7 N–H and O–H groups in total. The van der Waals surface area contributed by atoms with Gasteiger partial charge in [-0.25, -0.2) is 4.79 Å². The van der Waals surface area contributed by atoms with Gasteiger partial charge in [-0.05, 0) is 43.3 Å². The van der Waals surface area contributed by atoms with Gasteiger partial charge >= 0.3 is 5.97 Å². The standard InChI is InChI=1S/C25H21N3O10S2/c1-11(2)10-28-23(29)12-3-4-14-13(9-12)24(30)38-25(14)15-5-7-17(26)21(39(31,32)33)19(15)37-20-16(25)6-8-18(27)22(20)40(34,35)36/h3-9H,1,10,26-27H2,2H3,(H,28,29)(H,31,32,33)(H,34,35,36). The number of carbonyl (C=O) groups excluding carboxylic acids is 2. The number of amides is 1. The number of fused-ring (bicyclic) bond motifs is 6. The molecule has 1 amide bonds. The number of anilines is 2. The minimum atomic E-state index is -5.10. The summed E-state index contributed by atoms with van der Waals surface area (Å²) in [6, 6.07) is 8.84. The van der Waals surface area contributed by atoms with Crippen LogP contribution in [0.25, 0.3) is 0 Å². The zero-order valence-corrected chi connectivity index (χ0v) is 22.2. The van der Waals surface area contributed by atoms with E-state index in [0.717, 1.165) is 12.1 Å². The van der Waals surface area contributed by atoms with Crippen LogP contribution in [0, 0.1) is 0 Å². The molecule has 2 aliphatic rings. The van der Waals surface area contributed by atoms with Crippen molar-refractivity contribution in [2.45, 2.75) is 22.3 Å². The summed E-state index contributed by atoms with van der Waals surface area (Å²) in [5, 5.41) is 2.64. The van der Waals surface area contributed by atoms with Gasteiger partial charge in [0.25, 0.3) is 26.1 Å². The number of rotatable bonds is 5. The molecule has 208 valence electrons. The Bertz CT molecular complexity index is 1810. The van der Waals surface area contributed by atoms with E-state index in [4.69, 9.17) is 20.9 Å². The summed E-state index contributed by atoms with van der Waals surface area (Å²) < 4.78 is 81.0. The number of carbonyl (C=O) groups is 2. The van der Waals surface area contributed by atoms with Crippen LogP contribution in [0.3, 0.4) is 0 Å². The van der Waals surface area contributed by atoms with Gasteiger partial charge in [-0.15, -0.1) is 0 Å². The average Bonchev–Trinajstić information content (AvgIpc) is 3.12. The zero-order chi connectivity index (χ0) is 29.4. The summed E-state index contributed by atoms with van der Waals surface area (Å²) in [6.45, 7) is 5.61. The molecule has 0 unspecified atom stereocenters. The third kappa shape index (κ3) is 3.98. The molecule has 1 spiro atoms. The van der Waals surface area contributed by atoms with E-state index < -0.39 is 70.4 Å². The van der Waals surface area contributed by atoms with E-state index in [9.17, 15) is 35.5 Å². The third-order valence-electron chi connectivity index (χ3n) is 6.44. The number of nitrogens with two attached hydrogens (primary N) is 2. The minimum absolute atomic E-state index is 0.0804. The topological polar surface area (TPSA) is 225 Å². The Hall–Kier alpha value is -4.44. The van der Waals surface area contributed by atoms with Crippen LogP contribution in [-0.4, -0.2) is 44.4 Å². The lowest BCUT2D eigenvalue weighted by Crippen LogP contribution is -2.34. The molecule has 0 aromatic heterocycles. The molecule has 0 fully saturated rings. The first kappa shape index (κ1) is 27.1. The Morgan fingerprint density at radius 3 is 1.90 bits per heavy atom. The van der Waals surface area contributed by atoms with Gasteiger partial charge in [-0.3, -0.25) is 13.9 Å². The number of nitrogens with one attached hydrogen (secondary N) is 1. The van der Waals surface area contributed by atoms with Gasteiger partial charge in [0.2, 0.25) is 0 Å². The van der Waals surface area contributed by atoms with E-state index in [0.29, 0.717) is 5.57 Å². The fourth-order valence-electron chi connectivity index (χ4n) is 4.84. The van der Waals surface area contributed by atoms with Crippen molar-refractivity contribution in [2.24, 2.45) is 0 Å². The third-order valence-corrected chi connectivity index (χ3v) is 8.32. The maximum Gasteiger partial charge on any atom is 0.340 e. The molecule has 0 saturated heterocycles. The van der Waals surface area contributed by atoms with Gasteiger partial charge in [0.05, 0.1) is 16.9 Å². The van der Waals surface area contributed by atoms with Crippen molar-refractivity contribution in [3.63, 3.8) is 0 Å². The molecule has 0 saturated carbocycles. The first-order chi connectivity index (χ1) is 18.6. The van der Waals surface area contributed by atoms with E-state index in [-0.39, 0.29) is 34.4 Å². The Balaban J connectivity index is 1.87. The summed E-state index contributed by atoms with van der Waals surface area (Å²) in [6.07, 6.45) is 0. The number of ether oxygens (including phenoxy) is 2. The van der Waals surface area contributed by atoms with Crippen molar-refractivity contribution in [1.29, 1.82) is 0 Å². The fraction of sp³-hybridized carbons (Fsp3) is 0.120. The summed E-state index contributed by atoms with van der Waals surface area (Å²) in [5.41, 5.74) is 9.17. The highest BCUT2D eigenvalue weighted by Crippen LogP contribution is 2.59. The molecule has 5 rings (SSSR count). The lowest BCUT2D eigenvalue weighted by atomic mass is 9.77. The van der Waals surface area contributed by atoms with Gasteiger partial charge < -0.3 is 26.3 Å². The molecule has 40 heavy (non-hydrogen) atoms. The van der Waals surface area contributed by atoms with Gasteiger partial charge in [-0.1, -0.05) is 18.2 Å². The van der Waals surface area contributed by atoms with Gasteiger partial charge in [0, 0.05) is 28.8 Å². The Morgan fingerprint density at radius 1 is 0.925 bits per heavy atom. The molecule has 0 radical (unpaired) electrons. The summed E-state index contributed by atoms with van der Waals surface area (Å²) >= 11 is 0. The van der Waals surface area contributed by atoms with Crippen molar-refractivity contribution in [3.05, 3.63) is 82.4 Å². The van der Waals surface area contributed by atoms with Crippen molar-refractivity contribution in [1.82, 2.24) is 5.32 Å². The molecule has 3 aromatic carbocycles. The highest BCUT2D eigenvalue weighted by molar-refractivity contribution is 7.86. The maximum atomic E-state index is 13.3. The zero-order valence-electron chi connectivity index (χ0n) is 20.6. The Morgan fingerprint density at radius 2 is 1.43 bits per heavy atom. The monoisotopic (exact) mass is 587 g/mol. The predicted octanol–water partition coefficient (Wildman–Crippen LogP) is 2.22. The van der Waals surface area contributed by atoms with E-state index >= 15 is 0 Å². The summed E-state index contributed by atoms with van der Waals surface area (Å²) in [4.78, 5) is 24.1. The molecule has 3 aromatic rings. The first-order valence-corrected chi connectivity index (χ1v) is 14.2. The predicted molar refractivity (Wildman–Crippen MR) is 140 cm³/mol. The fourth-order valence-corrected chi connectivity index (χ4v) is 6.34. The Kier molecular flexibility index (Phi) is 5.96. The van der Waals surface area contributed by atoms with Crippen molar-refractivity contribution >= 4 is 43.5 Å². The lowest BCUT2D eigenvalue weighted by Gasteiger charge is -2.37. The van der Waals surface area contributed by atoms with Crippen LogP contribution in [0.2, 0.25) is 0 Å². The van der Waals surface area contributed by atoms with E-state index in [1.165, 1.54) is 30.3 Å². The van der Waals surface area contributed by atoms with Crippen LogP contribution in [0.5, 0.6) is 11.5 Å². The number of nitrogen functional groups attached to an aromatic ring is 2. The molecule has 2 aliphatic heterocycles. The second-order valence-corrected chi connectivity index (χ2v) is 12.0. The lowest BCUT2D eigenvalue weighted by molar-refractivity contribution is 0.0221. The quantitative estimate of drug-likeness (QED) is 0.125. The molecular formula is C25H21N3O10S2. The average molecular weight is 588 g/mol. The van der Waals surface area contributed by atoms with Crippen molar-refractivity contribution in [3.8, 4) is 11.5 Å². The van der Waals surface area contributed by atoms with E-state index in [1.54, 1.807) is 6.92 Å². The SMILES string of the molecule is C=C(C)CNC(=O)c1ccc2c(c1)C(=O)OC21c2ccc(N)c(S(=O)(=O)O)c2Oc2c1ccc(N)c2S(=O)(=O)O. The van der Waals surface area contributed by atoms with Crippen LogP contribution < -0.4 is 21.5 Å². The van der Waals surface area contributed by atoms with E-state index in [2.05, 4.69) is 11.9 Å². The number of hydrogen-bond acceptors (Lipinski definition) is 10. The largest absolute Gasteiger partial charge is 0.453 e. The van der Waals surface area contributed by atoms with Crippen LogP contribution >= 0.6 is 0 Å². The maximum absolute atomic E-state index is 13.3.